The summed E-state index contributed by atoms with van der Waals surface area (Å²) in [5, 5.41) is 12.9. The van der Waals surface area contributed by atoms with Crippen molar-refractivity contribution in [3.05, 3.63) is 81.4 Å². The fourth-order valence-electron chi connectivity index (χ4n) is 2.45. The minimum absolute atomic E-state index is 0.0583. The zero-order valence-corrected chi connectivity index (χ0v) is 16.9. The number of nitro groups is 1. The summed E-state index contributed by atoms with van der Waals surface area (Å²) in [7, 11) is 0. The molecule has 156 valence electrons. The number of nitrogens with zero attached hydrogens (tertiary/aromatic N) is 1. The summed E-state index contributed by atoms with van der Waals surface area (Å²) in [4.78, 5) is 45.9. The van der Waals surface area contributed by atoms with Gasteiger partial charge in [-0.3, -0.25) is 25.0 Å². The van der Waals surface area contributed by atoms with E-state index < -0.39 is 29.3 Å². The van der Waals surface area contributed by atoms with E-state index in [-0.39, 0.29) is 11.1 Å². The molecule has 2 rings (SSSR count). The zero-order chi connectivity index (χ0) is 22.3. The van der Waals surface area contributed by atoms with E-state index in [2.05, 4.69) is 5.32 Å². The molecule has 0 fully saturated rings. The van der Waals surface area contributed by atoms with Gasteiger partial charge in [-0.15, -0.1) is 0 Å². The molecule has 0 atom stereocenters. The van der Waals surface area contributed by atoms with E-state index in [0.29, 0.717) is 11.1 Å². The molecule has 30 heavy (non-hydrogen) atoms. The van der Waals surface area contributed by atoms with Crippen molar-refractivity contribution in [3.8, 4) is 0 Å². The Hall–Kier alpha value is -3.81. The van der Waals surface area contributed by atoms with E-state index in [1.807, 2.05) is 32.9 Å². The lowest BCUT2D eigenvalue weighted by molar-refractivity contribution is -0.384. The number of nitro benzene ring substituents is 1. The van der Waals surface area contributed by atoms with Crippen molar-refractivity contribution in [3.63, 3.8) is 0 Å². The normalized spacial score (nSPS) is 11.2. The molecular weight excluding hydrogens is 388 g/mol. The molecule has 0 unspecified atom stereocenters. The second kappa shape index (κ2) is 9.60. The van der Waals surface area contributed by atoms with Crippen molar-refractivity contribution in [2.75, 3.05) is 6.61 Å². The highest BCUT2D eigenvalue weighted by Crippen LogP contribution is 2.22. The number of non-ortho nitro benzene ring substituents is 1. The van der Waals surface area contributed by atoms with Crippen molar-refractivity contribution in [2.45, 2.75) is 26.2 Å². The summed E-state index contributed by atoms with van der Waals surface area (Å²) in [6.45, 7) is 5.51. The van der Waals surface area contributed by atoms with Crippen LogP contribution in [0, 0.1) is 10.1 Å². The van der Waals surface area contributed by atoms with Crippen LogP contribution in [0.1, 0.15) is 42.3 Å². The van der Waals surface area contributed by atoms with Crippen LogP contribution in [0.2, 0.25) is 0 Å². The average Bonchev–Trinajstić information content (AvgIpc) is 2.70. The summed E-state index contributed by atoms with van der Waals surface area (Å²) >= 11 is 0. The van der Waals surface area contributed by atoms with Crippen LogP contribution in [-0.4, -0.2) is 29.3 Å². The first-order valence-electron chi connectivity index (χ1n) is 9.10. The molecule has 2 aromatic carbocycles. The fraction of sp³-hybridized carbons (Fsp3) is 0.227. The summed E-state index contributed by atoms with van der Waals surface area (Å²) in [6.07, 6.45) is 2.37. The molecule has 0 aliphatic carbocycles. The molecular formula is C22H22N2O6. The van der Waals surface area contributed by atoms with Gasteiger partial charge in [0.25, 0.3) is 17.5 Å². The fourth-order valence-corrected chi connectivity index (χ4v) is 2.45. The molecule has 8 heteroatoms. The molecule has 0 heterocycles. The van der Waals surface area contributed by atoms with E-state index in [0.717, 1.165) is 11.6 Å². The topological polar surface area (TPSA) is 116 Å². The number of hydrogen-bond donors (Lipinski definition) is 1. The highest BCUT2D eigenvalue weighted by molar-refractivity contribution is 6.05. The van der Waals surface area contributed by atoms with Crippen LogP contribution in [0.3, 0.4) is 0 Å². The Morgan fingerprint density at radius 3 is 2.37 bits per heavy atom. The zero-order valence-electron chi connectivity index (χ0n) is 16.9. The average molecular weight is 410 g/mol. The molecule has 0 aliphatic heterocycles. The van der Waals surface area contributed by atoms with E-state index >= 15 is 0 Å². The lowest BCUT2D eigenvalue weighted by atomic mass is 9.87. The number of carbonyl (C=O) groups excluding carboxylic acids is 3. The number of amides is 2. The molecule has 1 N–H and O–H groups in total. The molecule has 0 aromatic heterocycles. The summed E-state index contributed by atoms with van der Waals surface area (Å²) in [5.41, 5.74) is 1.62. The number of ether oxygens (including phenoxy) is 1. The second-order valence-electron chi connectivity index (χ2n) is 7.50. The van der Waals surface area contributed by atoms with Gasteiger partial charge in [-0.1, -0.05) is 45.0 Å². The van der Waals surface area contributed by atoms with Crippen molar-refractivity contribution in [2.24, 2.45) is 0 Å². The van der Waals surface area contributed by atoms with Crippen molar-refractivity contribution in [1.82, 2.24) is 5.32 Å². The van der Waals surface area contributed by atoms with Crippen LogP contribution in [0.25, 0.3) is 6.08 Å². The lowest BCUT2D eigenvalue weighted by Crippen LogP contribution is -2.34. The quantitative estimate of drug-likeness (QED) is 0.338. The predicted octanol–water partition coefficient (Wildman–Crippen LogP) is 3.41. The number of rotatable bonds is 6. The Morgan fingerprint density at radius 1 is 1.10 bits per heavy atom. The van der Waals surface area contributed by atoms with E-state index in [4.69, 9.17) is 4.74 Å². The Bertz CT molecular complexity index is 987. The minimum atomic E-state index is -0.821. The Balaban J connectivity index is 1.85. The number of benzene rings is 2. The van der Waals surface area contributed by atoms with Crippen molar-refractivity contribution < 1.29 is 24.0 Å². The molecule has 2 aromatic rings. The molecule has 0 aliphatic rings. The van der Waals surface area contributed by atoms with Gasteiger partial charge in [0.05, 0.1) is 4.92 Å². The smallest absolute Gasteiger partial charge is 0.331 e. The Morgan fingerprint density at radius 2 is 1.77 bits per heavy atom. The van der Waals surface area contributed by atoms with Gasteiger partial charge in [0.1, 0.15) is 0 Å². The number of hydrogen-bond acceptors (Lipinski definition) is 6. The van der Waals surface area contributed by atoms with Crippen LogP contribution < -0.4 is 5.32 Å². The van der Waals surface area contributed by atoms with Gasteiger partial charge in [0.2, 0.25) is 0 Å². The number of esters is 1. The van der Waals surface area contributed by atoms with Gasteiger partial charge < -0.3 is 4.74 Å². The first-order valence-corrected chi connectivity index (χ1v) is 9.10. The van der Waals surface area contributed by atoms with Gasteiger partial charge in [0, 0.05) is 23.8 Å². The molecule has 0 radical (unpaired) electrons. The molecule has 0 saturated carbocycles. The van der Waals surface area contributed by atoms with Crippen LogP contribution in [0.4, 0.5) is 5.69 Å². The van der Waals surface area contributed by atoms with Crippen LogP contribution in [0.15, 0.2) is 54.6 Å². The van der Waals surface area contributed by atoms with Crippen molar-refractivity contribution >= 4 is 29.5 Å². The van der Waals surface area contributed by atoms with E-state index in [1.54, 1.807) is 18.2 Å². The predicted molar refractivity (Wildman–Crippen MR) is 111 cm³/mol. The maximum absolute atomic E-state index is 12.1. The van der Waals surface area contributed by atoms with Gasteiger partial charge >= 0.3 is 5.97 Å². The van der Waals surface area contributed by atoms with Gasteiger partial charge in [0.15, 0.2) is 6.61 Å². The Kier molecular flexibility index (Phi) is 7.19. The third-order valence-corrected chi connectivity index (χ3v) is 4.10. The summed E-state index contributed by atoms with van der Waals surface area (Å²) in [5.74, 6) is -2.18. The molecule has 2 amide bonds. The molecule has 8 nitrogen and oxygen atoms in total. The Labute approximate surface area is 173 Å². The number of imide groups is 1. The number of nitrogens with one attached hydrogen (secondary N) is 1. The first kappa shape index (κ1) is 22.5. The van der Waals surface area contributed by atoms with Crippen molar-refractivity contribution in [1.29, 1.82) is 0 Å². The molecule has 0 saturated heterocycles. The van der Waals surface area contributed by atoms with Crippen LogP contribution in [0.5, 0.6) is 0 Å². The van der Waals surface area contributed by atoms with E-state index in [1.165, 1.54) is 24.3 Å². The monoisotopic (exact) mass is 410 g/mol. The SMILES string of the molecule is CC(C)(C)c1ccc(C(=O)NC(=O)COC(=O)C=Cc2cccc([N+](=O)[O-])c2)cc1. The lowest BCUT2D eigenvalue weighted by Gasteiger charge is -2.18. The summed E-state index contributed by atoms with van der Waals surface area (Å²) in [6, 6.07) is 12.6. The van der Waals surface area contributed by atoms with Gasteiger partial charge in [-0.05, 0) is 34.8 Å². The van der Waals surface area contributed by atoms with E-state index in [9.17, 15) is 24.5 Å². The van der Waals surface area contributed by atoms with Gasteiger partial charge in [-0.2, -0.15) is 0 Å². The van der Waals surface area contributed by atoms with Crippen LogP contribution >= 0.6 is 0 Å². The second-order valence-corrected chi connectivity index (χ2v) is 7.50. The first-order chi connectivity index (χ1) is 14.1. The standard InChI is InChI=1S/C22H22N2O6/c1-22(2,3)17-10-8-16(9-11-17)21(27)23-19(25)14-30-20(26)12-7-15-5-4-6-18(13-15)24(28)29/h4-13H,14H2,1-3H3,(H,23,25,27). The highest BCUT2D eigenvalue weighted by Gasteiger charge is 2.16. The third kappa shape index (κ3) is 6.66. The molecule has 0 spiro atoms. The minimum Gasteiger partial charge on any atom is -0.452 e. The highest BCUT2D eigenvalue weighted by atomic mass is 16.6. The third-order valence-electron chi connectivity index (χ3n) is 4.10. The van der Waals surface area contributed by atoms with Gasteiger partial charge in [-0.25, -0.2) is 4.79 Å². The summed E-state index contributed by atoms with van der Waals surface area (Å²) < 4.78 is 4.78. The number of carbonyl (C=O) groups is 3. The maximum atomic E-state index is 12.1. The van der Waals surface area contributed by atoms with Crippen LogP contribution in [-0.2, 0) is 19.7 Å². The maximum Gasteiger partial charge on any atom is 0.331 e. The molecule has 0 bridgehead atoms. The largest absolute Gasteiger partial charge is 0.452 e.